The molecule has 1 atom stereocenters. The van der Waals surface area contributed by atoms with Crippen LogP contribution in [0, 0.1) is 6.92 Å². The third-order valence-corrected chi connectivity index (χ3v) is 5.97. The van der Waals surface area contributed by atoms with E-state index >= 15 is 0 Å². The number of aromatic nitrogens is 6. The van der Waals surface area contributed by atoms with Crippen molar-refractivity contribution in [1.82, 2.24) is 39.3 Å². The Morgan fingerprint density at radius 3 is 2.66 bits per heavy atom. The molecule has 3 aromatic heterocycles. The molecule has 2 saturated heterocycles. The Morgan fingerprint density at radius 2 is 1.91 bits per heavy atom. The van der Waals surface area contributed by atoms with E-state index in [1.165, 1.54) is 0 Å². The molecule has 3 aromatic rings. The summed E-state index contributed by atoms with van der Waals surface area (Å²) in [6, 6.07) is 0.193. The van der Waals surface area contributed by atoms with Gasteiger partial charge in [0.15, 0.2) is 17.0 Å². The van der Waals surface area contributed by atoms with Crippen molar-refractivity contribution in [2.24, 2.45) is 0 Å². The first-order valence-corrected chi connectivity index (χ1v) is 11.0. The molecule has 2 aliphatic rings. The minimum atomic E-state index is 0.0855. The van der Waals surface area contributed by atoms with E-state index in [2.05, 4.69) is 32.2 Å². The summed E-state index contributed by atoms with van der Waals surface area (Å²) >= 11 is 0. The van der Waals surface area contributed by atoms with Crippen molar-refractivity contribution >= 4 is 23.0 Å². The maximum Gasteiger partial charge on any atom is 0.320 e. The molecule has 1 N–H and O–H groups in total. The van der Waals surface area contributed by atoms with Crippen LogP contribution in [0.2, 0.25) is 0 Å². The van der Waals surface area contributed by atoms with Crippen molar-refractivity contribution in [1.29, 1.82) is 0 Å². The quantitative estimate of drug-likeness (QED) is 0.654. The summed E-state index contributed by atoms with van der Waals surface area (Å²) in [5.41, 5.74) is 2.31. The topological polar surface area (TPSA) is 114 Å². The number of carbonyl (C=O) groups is 1. The van der Waals surface area contributed by atoms with Gasteiger partial charge >= 0.3 is 6.03 Å². The Balaban J connectivity index is 1.37. The summed E-state index contributed by atoms with van der Waals surface area (Å²) in [6.07, 6.45) is 5.97. The highest BCUT2D eigenvalue weighted by Crippen LogP contribution is 2.27. The number of ether oxygens (including phenoxy) is 1. The van der Waals surface area contributed by atoms with Crippen LogP contribution in [0.3, 0.4) is 0 Å². The van der Waals surface area contributed by atoms with Crippen molar-refractivity contribution in [2.75, 3.05) is 44.7 Å². The van der Waals surface area contributed by atoms with Gasteiger partial charge in [0.1, 0.15) is 18.0 Å². The van der Waals surface area contributed by atoms with Crippen LogP contribution in [0.25, 0.3) is 22.6 Å². The van der Waals surface area contributed by atoms with Gasteiger partial charge in [-0.2, -0.15) is 0 Å². The average Bonchev–Trinajstić information content (AvgIpc) is 3.45. The van der Waals surface area contributed by atoms with Crippen LogP contribution >= 0.6 is 0 Å². The van der Waals surface area contributed by atoms with E-state index in [4.69, 9.17) is 9.72 Å². The number of urea groups is 1. The monoisotopic (exact) mass is 437 g/mol. The lowest BCUT2D eigenvalue weighted by molar-refractivity contribution is 0.0451. The number of hydrogen-bond donors (Lipinski definition) is 1. The minimum absolute atomic E-state index is 0.0855. The van der Waals surface area contributed by atoms with Crippen LogP contribution in [-0.4, -0.2) is 90.8 Å². The van der Waals surface area contributed by atoms with Crippen LogP contribution in [-0.2, 0) is 11.3 Å². The molecular weight excluding hydrogens is 410 g/mol. The van der Waals surface area contributed by atoms with Crippen molar-refractivity contribution in [3.8, 4) is 11.4 Å². The summed E-state index contributed by atoms with van der Waals surface area (Å²) in [5.74, 6) is 2.16. The molecular formula is C21H27N9O2. The second-order valence-corrected chi connectivity index (χ2v) is 8.05. The second kappa shape index (κ2) is 8.65. The highest BCUT2D eigenvalue weighted by molar-refractivity contribution is 5.86. The molecule has 0 aromatic carbocycles. The predicted octanol–water partition coefficient (Wildman–Crippen LogP) is 1.55. The number of nitrogens with one attached hydrogen (secondary N) is 1. The molecule has 0 unspecified atom stereocenters. The predicted molar refractivity (Wildman–Crippen MR) is 118 cm³/mol. The molecule has 5 heterocycles. The Labute approximate surface area is 185 Å². The highest BCUT2D eigenvalue weighted by atomic mass is 16.5. The average molecular weight is 438 g/mol. The largest absolute Gasteiger partial charge is 0.378 e. The van der Waals surface area contributed by atoms with E-state index in [-0.39, 0.29) is 12.1 Å². The van der Waals surface area contributed by atoms with Gasteiger partial charge in [-0.3, -0.25) is 0 Å². The van der Waals surface area contributed by atoms with Crippen molar-refractivity contribution in [3.05, 3.63) is 24.5 Å². The number of aryl methyl sites for hydroxylation is 2. The van der Waals surface area contributed by atoms with Gasteiger partial charge < -0.3 is 24.4 Å². The number of imidazole rings is 1. The van der Waals surface area contributed by atoms with E-state index in [1.807, 2.05) is 21.3 Å². The van der Waals surface area contributed by atoms with Crippen molar-refractivity contribution < 1.29 is 9.53 Å². The van der Waals surface area contributed by atoms with Crippen LogP contribution in [0.5, 0.6) is 0 Å². The first kappa shape index (κ1) is 20.6. The van der Waals surface area contributed by atoms with E-state index < -0.39 is 0 Å². The number of carbonyl (C=O) groups excluding carboxylic acids is 1. The summed E-state index contributed by atoms with van der Waals surface area (Å²) in [6.45, 7) is 8.49. The maximum atomic E-state index is 12.8. The Kier molecular flexibility index (Phi) is 5.56. The zero-order valence-electron chi connectivity index (χ0n) is 18.4. The van der Waals surface area contributed by atoms with Gasteiger partial charge in [-0.15, -0.1) is 0 Å². The summed E-state index contributed by atoms with van der Waals surface area (Å²) in [7, 11) is 0. The number of hydrogen-bond acceptors (Lipinski definition) is 8. The normalized spacial score (nSPS) is 19.0. The third kappa shape index (κ3) is 3.83. The SMILES string of the molecule is CCn1c(-c2cnc(C)nc2)nc2c(N[C@H]3CCN(C(=O)N4CCOCC4)C3)ncnc21. The molecule has 0 radical (unpaired) electrons. The fourth-order valence-corrected chi connectivity index (χ4v) is 4.27. The Bertz CT molecular complexity index is 1110. The first-order chi connectivity index (χ1) is 15.6. The lowest BCUT2D eigenvalue weighted by Crippen LogP contribution is -2.47. The molecule has 168 valence electrons. The molecule has 2 aliphatic heterocycles. The van der Waals surface area contributed by atoms with Gasteiger partial charge in [-0.1, -0.05) is 0 Å². The molecule has 32 heavy (non-hydrogen) atoms. The number of morpholine rings is 1. The fraction of sp³-hybridized carbons (Fsp3) is 0.524. The molecule has 0 bridgehead atoms. The van der Waals surface area contributed by atoms with Gasteiger partial charge in [-0.05, 0) is 20.3 Å². The van der Waals surface area contributed by atoms with Gasteiger partial charge in [0.25, 0.3) is 0 Å². The van der Waals surface area contributed by atoms with E-state index in [9.17, 15) is 4.79 Å². The van der Waals surface area contributed by atoms with Crippen molar-refractivity contribution in [3.63, 3.8) is 0 Å². The van der Waals surface area contributed by atoms with Crippen LogP contribution in [0.1, 0.15) is 19.2 Å². The Hall–Kier alpha value is -3.34. The molecule has 0 spiro atoms. The first-order valence-electron chi connectivity index (χ1n) is 11.0. The lowest BCUT2D eigenvalue weighted by Gasteiger charge is -2.31. The van der Waals surface area contributed by atoms with E-state index in [0.29, 0.717) is 56.6 Å². The molecule has 11 nitrogen and oxygen atoms in total. The fourth-order valence-electron chi connectivity index (χ4n) is 4.27. The van der Waals surface area contributed by atoms with Crippen LogP contribution < -0.4 is 5.32 Å². The van der Waals surface area contributed by atoms with E-state index in [0.717, 1.165) is 30.0 Å². The summed E-state index contributed by atoms with van der Waals surface area (Å²) in [4.78, 5) is 39.0. The van der Waals surface area contributed by atoms with Crippen LogP contribution in [0.4, 0.5) is 10.6 Å². The van der Waals surface area contributed by atoms with Gasteiger partial charge in [0.05, 0.1) is 18.8 Å². The highest BCUT2D eigenvalue weighted by Gasteiger charge is 2.31. The number of anilines is 1. The molecule has 2 amide bonds. The maximum absolute atomic E-state index is 12.8. The Morgan fingerprint density at radius 1 is 1.12 bits per heavy atom. The van der Waals surface area contributed by atoms with Crippen molar-refractivity contribution in [2.45, 2.75) is 32.9 Å². The third-order valence-electron chi connectivity index (χ3n) is 5.97. The summed E-state index contributed by atoms with van der Waals surface area (Å²) < 4.78 is 7.40. The smallest absolute Gasteiger partial charge is 0.320 e. The number of likely N-dealkylation sites (tertiary alicyclic amines) is 1. The minimum Gasteiger partial charge on any atom is -0.378 e. The molecule has 11 heteroatoms. The molecule has 5 rings (SSSR count). The number of nitrogens with zero attached hydrogens (tertiary/aromatic N) is 8. The second-order valence-electron chi connectivity index (χ2n) is 8.05. The molecule has 0 aliphatic carbocycles. The zero-order valence-corrected chi connectivity index (χ0v) is 18.4. The van der Waals surface area contributed by atoms with Crippen LogP contribution in [0.15, 0.2) is 18.7 Å². The lowest BCUT2D eigenvalue weighted by atomic mass is 10.2. The van der Waals surface area contributed by atoms with E-state index in [1.54, 1.807) is 18.7 Å². The number of fused-ring (bicyclic) bond motifs is 1. The molecule has 2 fully saturated rings. The van der Waals surface area contributed by atoms with Gasteiger partial charge in [-0.25, -0.2) is 29.7 Å². The number of rotatable bonds is 4. The number of amides is 2. The zero-order chi connectivity index (χ0) is 22.1. The van der Waals surface area contributed by atoms with Gasteiger partial charge in [0, 0.05) is 51.2 Å². The van der Waals surface area contributed by atoms with Gasteiger partial charge in [0.2, 0.25) is 0 Å². The summed E-state index contributed by atoms with van der Waals surface area (Å²) in [5, 5.41) is 3.50. The molecule has 0 saturated carbocycles. The standard InChI is InChI=1S/C21H27N9O2/c1-3-30-19(15-10-22-14(2)23-11-15)27-17-18(24-13-25-20(17)30)26-16-4-5-29(12-16)21(31)28-6-8-32-9-7-28/h10-11,13,16H,3-9,12H2,1-2H3,(H,24,25,26)/t16-/m0/s1.